The fourth-order valence-corrected chi connectivity index (χ4v) is 3.30. The molecule has 2 aromatic rings. The molecule has 0 saturated heterocycles. The fraction of sp³-hybridized carbons (Fsp3) is 0.231. The Labute approximate surface area is 119 Å². The van der Waals surface area contributed by atoms with Gasteiger partial charge in [0.1, 0.15) is 17.4 Å². The lowest BCUT2D eigenvalue weighted by Crippen LogP contribution is -2.22. The molecule has 6 nitrogen and oxygen atoms in total. The number of nitriles is 1. The molecular formula is C13H11N5OS. The Hall–Kier alpha value is -2.30. The molecule has 1 amide bonds. The summed E-state index contributed by atoms with van der Waals surface area (Å²) in [5.74, 6) is -0.298. The van der Waals surface area contributed by atoms with Gasteiger partial charge in [-0.25, -0.2) is 9.97 Å². The van der Waals surface area contributed by atoms with Crippen LogP contribution in [-0.2, 0) is 13.0 Å². The van der Waals surface area contributed by atoms with Gasteiger partial charge in [-0.3, -0.25) is 4.79 Å². The summed E-state index contributed by atoms with van der Waals surface area (Å²) in [5.41, 5.74) is 2.01. The predicted molar refractivity (Wildman–Crippen MR) is 74.4 cm³/mol. The summed E-state index contributed by atoms with van der Waals surface area (Å²) in [5, 5.41) is 16.0. The van der Waals surface area contributed by atoms with Gasteiger partial charge in [0.25, 0.3) is 5.91 Å². The van der Waals surface area contributed by atoms with Crippen LogP contribution in [0.4, 0.5) is 5.00 Å². The molecule has 100 valence electrons. The van der Waals surface area contributed by atoms with Crippen LogP contribution in [0, 0.1) is 11.3 Å². The van der Waals surface area contributed by atoms with Crippen LogP contribution in [0.1, 0.15) is 26.4 Å². The van der Waals surface area contributed by atoms with Crippen LogP contribution in [0.25, 0.3) is 0 Å². The first-order chi connectivity index (χ1) is 9.79. The number of nitrogens with zero attached hydrogens (tertiary/aromatic N) is 3. The second-order valence-electron chi connectivity index (χ2n) is 4.33. The Morgan fingerprint density at radius 3 is 3.00 bits per heavy atom. The van der Waals surface area contributed by atoms with E-state index in [0.29, 0.717) is 16.1 Å². The molecule has 0 spiro atoms. The van der Waals surface area contributed by atoms with Crippen LogP contribution in [0.3, 0.4) is 0 Å². The van der Waals surface area contributed by atoms with Gasteiger partial charge >= 0.3 is 0 Å². The van der Waals surface area contributed by atoms with Gasteiger partial charge in [-0.05, 0) is 18.5 Å². The van der Waals surface area contributed by atoms with Crippen molar-refractivity contribution in [3.63, 3.8) is 0 Å². The van der Waals surface area contributed by atoms with E-state index in [1.54, 1.807) is 0 Å². The third-order valence-corrected chi connectivity index (χ3v) is 4.24. The van der Waals surface area contributed by atoms with Crippen molar-refractivity contribution in [2.45, 2.75) is 13.0 Å². The fourth-order valence-electron chi connectivity index (χ4n) is 2.13. The van der Waals surface area contributed by atoms with E-state index in [4.69, 9.17) is 0 Å². The van der Waals surface area contributed by atoms with Gasteiger partial charge < -0.3 is 10.6 Å². The minimum absolute atomic E-state index is 0.298. The molecule has 0 aromatic carbocycles. The molecular weight excluding hydrogens is 274 g/mol. The Balaban J connectivity index is 1.90. The maximum Gasteiger partial charge on any atom is 0.259 e. The molecule has 1 aliphatic heterocycles. The highest BCUT2D eigenvalue weighted by atomic mass is 32.1. The van der Waals surface area contributed by atoms with Crippen LogP contribution in [0.15, 0.2) is 18.7 Å². The number of thiophene rings is 1. The smallest absolute Gasteiger partial charge is 0.259 e. The Morgan fingerprint density at radius 1 is 1.45 bits per heavy atom. The van der Waals surface area contributed by atoms with Crippen LogP contribution in [0.5, 0.6) is 0 Å². The first kappa shape index (κ1) is 12.7. The summed E-state index contributed by atoms with van der Waals surface area (Å²) in [6, 6.07) is 2.20. The lowest BCUT2D eigenvalue weighted by molar-refractivity contribution is 0.102. The van der Waals surface area contributed by atoms with Crippen LogP contribution >= 0.6 is 11.3 Å². The van der Waals surface area contributed by atoms with Gasteiger partial charge in [0.15, 0.2) is 0 Å². The van der Waals surface area contributed by atoms with E-state index in [1.807, 2.05) is 0 Å². The predicted octanol–water partition coefficient (Wildman–Crippen LogP) is 1.31. The molecule has 3 heterocycles. The largest absolute Gasteiger partial charge is 0.312 e. The lowest BCUT2D eigenvalue weighted by atomic mass is 10.1. The average Bonchev–Trinajstić information content (AvgIpc) is 2.85. The Bertz CT molecular complexity index is 689. The first-order valence-electron chi connectivity index (χ1n) is 6.11. The number of amides is 1. The zero-order valence-corrected chi connectivity index (χ0v) is 11.3. The highest BCUT2D eigenvalue weighted by Crippen LogP contribution is 2.34. The van der Waals surface area contributed by atoms with Gasteiger partial charge in [-0.2, -0.15) is 5.26 Å². The maximum absolute atomic E-state index is 12.1. The van der Waals surface area contributed by atoms with Gasteiger partial charge in [0, 0.05) is 23.8 Å². The summed E-state index contributed by atoms with van der Waals surface area (Å²) in [6.07, 6.45) is 5.08. The molecule has 7 heteroatoms. The number of anilines is 1. The molecule has 0 aliphatic carbocycles. The van der Waals surface area contributed by atoms with Crippen molar-refractivity contribution >= 4 is 22.2 Å². The number of carbonyl (C=O) groups excluding carboxylic acids is 1. The molecule has 1 aliphatic rings. The molecule has 0 bridgehead atoms. The number of hydrogen-bond acceptors (Lipinski definition) is 6. The zero-order chi connectivity index (χ0) is 13.9. The number of hydrogen-bond donors (Lipinski definition) is 2. The number of aromatic nitrogens is 2. The average molecular weight is 285 g/mol. The maximum atomic E-state index is 12.1. The number of fused-ring (bicyclic) bond motifs is 1. The van der Waals surface area contributed by atoms with Crippen molar-refractivity contribution in [2.75, 3.05) is 11.9 Å². The second-order valence-corrected chi connectivity index (χ2v) is 5.43. The summed E-state index contributed by atoms with van der Waals surface area (Å²) < 4.78 is 0. The van der Waals surface area contributed by atoms with Gasteiger partial charge in [0.2, 0.25) is 0 Å². The van der Waals surface area contributed by atoms with E-state index >= 15 is 0 Å². The van der Waals surface area contributed by atoms with E-state index in [-0.39, 0.29) is 5.91 Å². The Kier molecular flexibility index (Phi) is 3.41. The molecule has 0 radical (unpaired) electrons. The van der Waals surface area contributed by atoms with Crippen molar-refractivity contribution < 1.29 is 4.79 Å². The lowest BCUT2D eigenvalue weighted by Gasteiger charge is -2.11. The third kappa shape index (κ3) is 2.27. The zero-order valence-electron chi connectivity index (χ0n) is 10.5. The van der Waals surface area contributed by atoms with Gasteiger partial charge in [0.05, 0.1) is 11.1 Å². The van der Waals surface area contributed by atoms with E-state index < -0.39 is 0 Å². The number of rotatable bonds is 2. The molecule has 0 unspecified atom stereocenters. The highest BCUT2D eigenvalue weighted by molar-refractivity contribution is 7.16. The van der Waals surface area contributed by atoms with Crippen LogP contribution in [-0.4, -0.2) is 22.4 Å². The summed E-state index contributed by atoms with van der Waals surface area (Å²) in [4.78, 5) is 20.8. The van der Waals surface area contributed by atoms with Crippen LogP contribution in [0.2, 0.25) is 0 Å². The molecule has 20 heavy (non-hydrogen) atoms. The van der Waals surface area contributed by atoms with Gasteiger partial charge in [-0.15, -0.1) is 11.3 Å². The summed E-state index contributed by atoms with van der Waals surface area (Å²) in [6.45, 7) is 1.61. The standard InChI is InChI=1S/C13H11N5OS/c14-3-10-9-1-2-15-6-11(9)20-13(10)18-12(19)8-4-16-7-17-5-8/h4-5,7,15H,1-2,6H2,(H,18,19). The minimum Gasteiger partial charge on any atom is -0.312 e. The normalized spacial score (nSPS) is 13.3. The molecule has 0 saturated carbocycles. The van der Waals surface area contributed by atoms with E-state index in [2.05, 4.69) is 26.7 Å². The number of carbonyl (C=O) groups is 1. The van der Waals surface area contributed by atoms with E-state index in [9.17, 15) is 10.1 Å². The minimum atomic E-state index is -0.298. The molecule has 0 fully saturated rings. The summed E-state index contributed by atoms with van der Waals surface area (Å²) >= 11 is 1.45. The van der Waals surface area contributed by atoms with Crippen molar-refractivity contribution in [3.8, 4) is 6.07 Å². The van der Waals surface area contributed by atoms with Crippen molar-refractivity contribution in [1.82, 2.24) is 15.3 Å². The molecule has 2 aromatic heterocycles. The monoisotopic (exact) mass is 285 g/mol. The van der Waals surface area contributed by atoms with Crippen molar-refractivity contribution in [1.29, 1.82) is 5.26 Å². The van der Waals surface area contributed by atoms with E-state index in [0.717, 1.165) is 30.0 Å². The topological polar surface area (TPSA) is 90.7 Å². The molecule has 2 N–H and O–H groups in total. The third-order valence-electron chi connectivity index (χ3n) is 3.09. The summed E-state index contributed by atoms with van der Waals surface area (Å²) in [7, 11) is 0. The number of nitrogens with one attached hydrogen (secondary N) is 2. The van der Waals surface area contributed by atoms with Crippen LogP contribution < -0.4 is 10.6 Å². The quantitative estimate of drug-likeness (QED) is 0.868. The van der Waals surface area contributed by atoms with E-state index in [1.165, 1.54) is 30.1 Å². The highest BCUT2D eigenvalue weighted by Gasteiger charge is 2.21. The second kappa shape index (κ2) is 5.36. The molecule has 3 rings (SSSR count). The SMILES string of the molecule is N#Cc1c(NC(=O)c2cncnc2)sc2c1CCNC2. The Morgan fingerprint density at radius 2 is 2.25 bits per heavy atom. The first-order valence-corrected chi connectivity index (χ1v) is 6.93. The van der Waals surface area contributed by atoms with Crippen molar-refractivity contribution in [3.05, 3.63) is 40.3 Å². The van der Waals surface area contributed by atoms with Gasteiger partial charge in [-0.1, -0.05) is 0 Å². The van der Waals surface area contributed by atoms with Crippen molar-refractivity contribution in [2.24, 2.45) is 0 Å². The molecule has 0 atom stereocenters.